The van der Waals surface area contributed by atoms with Crippen LogP contribution in [0.1, 0.15) is 11.1 Å². The lowest BCUT2D eigenvalue weighted by molar-refractivity contribution is 1.15. The number of anilines is 2. The Bertz CT molecular complexity index is 753. The fourth-order valence-corrected chi connectivity index (χ4v) is 2.46. The first-order valence-electron chi connectivity index (χ1n) is 7.60. The zero-order valence-corrected chi connectivity index (χ0v) is 15.0. The van der Waals surface area contributed by atoms with Gasteiger partial charge < -0.3 is 11.1 Å². The first-order chi connectivity index (χ1) is 11.6. The normalized spacial score (nSPS) is 9.79. The molecular formula is C20H20Cl2N2. The van der Waals surface area contributed by atoms with Gasteiger partial charge >= 0.3 is 0 Å². The Hall–Kier alpha value is -2.16. The van der Waals surface area contributed by atoms with E-state index >= 15 is 0 Å². The minimum atomic E-state index is 0.445. The molecule has 0 saturated carbocycles. The quantitative estimate of drug-likeness (QED) is 0.548. The average Bonchev–Trinajstić information content (AvgIpc) is 2.59. The van der Waals surface area contributed by atoms with Crippen LogP contribution < -0.4 is 11.1 Å². The van der Waals surface area contributed by atoms with Crippen molar-refractivity contribution in [1.82, 2.24) is 0 Å². The van der Waals surface area contributed by atoms with Gasteiger partial charge in [-0.1, -0.05) is 71.7 Å². The van der Waals surface area contributed by atoms with E-state index < -0.39 is 0 Å². The van der Waals surface area contributed by atoms with Crippen LogP contribution >= 0.6 is 23.2 Å². The number of nitrogens with two attached hydrogens (primary N) is 1. The second-order valence-electron chi connectivity index (χ2n) is 5.34. The van der Waals surface area contributed by atoms with E-state index in [9.17, 15) is 0 Å². The van der Waals surface area contributed by atoms with E-state index in [1.807, 2.05) is 6.07 Å². The maximum Gasteiger partial charge on any atom is 0.0692 e. The summed E-state index contributed by atoms with van der Waals surface area (Å²) in [5, 5.41) is 4.41. The lowest BCUT2D eigenvalue weighted by Crippen LogP contribution is -1.98. The summed E-state index contributed by atoms with van der Waals surface area (Å²) in [4.78, 5) is 0. The Labute approximate surface area is 153 Å². The molecule has 0 unspecified atom stereocenters. The molecule has 24 heavy (non-hydrogen) atoms. The molecule has 3 rings (SSSR count). The van der Waals surface area contributed by atoms with Crippen molar-refractivity contribution < 1.29 is 0 Å². The Morgan fingerprint density at radius 3 is 2.04 bits per heavy atom. The summed E-state index contributed by atoms with van der Waals surface area (Å²) in [6.07, 6.45) is 0. The second-order valence-corrected chi connectivity index (χ2v) is 6.16. The Balaban J connectivity index is 0.000000198. The molecule has 0 aromatic heterocycles. The Kier molecular flexibility index (Phi) is 6.98. The number of benzene rings is 3. The van der Waals surface area contributed by atoms with Crippen molar-refractivity contribution in [1.29, 1.82) is 0 Å². The van der Waals surface area contributed by atoms with Crippen LogP contribution in [-0.2, 0) is 6.54 Å². The number of nitrogen functional groups attached to an aromatic ring is 1. The van der Waals surface area contributed by atoms with Crippen LogP contribution in [0.5, 0.6) is 0 Å². The van der Waals surface area contributed by atoms with E-state index in [4.69, 9.17) is 28.9 Å². The van der Waals surface area contributed by atoms with Crippen LogP contribution in [0.25, 0.3) is 0 Å². The highest BCUT2D eigenvalue weighted by molar-refractivity contribution is 6.38. The molecule has 0 radical (unpaired) electrons. The summed E-state index contributed by atoms with van der Waals surface area (Å²) < 4.78 is 0. The molecule has 2 nitrogen and oxygen atoms in total. The number of halogens is 2. The van der Waals surface area contributed by atoms with Crippen molar-refractivity contribution in [2.75, 3.05) is 11.1 Å². The number of para-hydroxylation sites is 1. The van der Waals surface area contributed by atoms with E-state index in [-0.39, 0.29) is 0 Å². The third-order valence-electron chi connectivity index (χ3n) is 3.36. The van der Waals surface area contributed by atoms with Crippen molar-refractivity contribution in [3.63, 3.8) is 0 Å². The summed E-state index contributed by atoms with van der Waals surface area (Å²) in [7, 11) is 0. The van der Waals surface area contributed by atoms with Crippen molar-refractivity contribution in [3.05, 3.63) is 94.0 Å². The SMILES string of the molecule is Cc1cccc(NCc2ccccc2)c1.Nc1c(Cl)cccc1Cl. The van der Waals surface area contributed by atoms with E-state index in [2.05, 4.69) is 60.8 Å². The first kappa shape index (κ1) is 18.2. The van der Waals surface area contributed by atoms with Gasteiger partial charge in [0.25, 0.3) is 0 Å². The molecule has 0 atom stereocenters. The molecule has 3 aromatic carbocycles. The highest BCUT2D eigenvalue weighted by Gasteiger charge is 1.97. The topological polar surface area (TPSA) is 38.0 Å². The van der Waals surface area contributed by atoms with Crippen molar-refractivity contribution in [2.45, 2.75) is 13.5 Å². The lowest BCUT2D eigenvalue weighted by atomic mass is 10.2. The van der Waals surface area contributed by atoms with Gasteiger partial charge in [-0.05, 0) is 42.3 Å². The highest BCUT2D eigenvalue weighted by Crippen LogP contribution is 2.25. The third kappa shape index (κ3) is 5.80. The predicted molar refractivity (Wildman–Crippen MR) is 106 cm³/mol. The maximum absolute atomic E-state index is 5.60. The summed E-state index contributed by atoms with van der Waals surface area (Å²) >= 11 is 11.2. The van der Waals surface area contributed by atoms with Gasteiger partial charge in [0.15, 0.2) is 0 Å². The zero-order valence-electron chi connectivity index (χ0n) is 13.5. The maximum atomic E-state index is 5.60. The largest absolute Gasteiger partial charge is 0.396 e. The average molecular weight is 359 g/mol. The van der Waals surface area contributed by atoms with E-state index in [1.54, 1.807) is 18.2 Å². The summed E-state index contributed by atoms with van der Waals surface area (Å²) in [5.41, 5.74) is 9.63. The van der Waals surface area contributed by atoms with Crippen molar-refractivity contribution >= 4 is 34.6 Å². The number of hydrogen-bond donors (Lipinski definition) is 2. The molecule has 0 aliphatic carbocycles. The molecule has 3 aromatic rings. The van der Waals surface area contributed by atoms with Crippen LogP contribution in [-0.4, -0.2) is 0 Å². The monoisotopic (exact) mass is 358 g/mol. The molecular weight excluding hydrogens is 339 g/mol. The van der Waals surface area contributed by atoms with Gasteiger partial charge in [-0.15, -0.1) is 0 Å². The molecule has 4 heteroatoms. The van der Waals surface area contributed by atoms with Gasteiger partial charge in [0.1, 0.15) is 0 Å². The Morgan fingerprint density at radius 2 is 1.46 bits per heavy atom. The fraction of sp³-hybridized carbons (Fsp3) is 0.100. The van der Waals surface area contributed by atoms with Gasteiger partial charge in [-0.25, -0.2) is 0 Å². The van der Waals surface area contributed by atoms with Crippen LogP contribution in [0, 0.1) is 6.92 Å². The number of rotatable bonds is 3. The highest BCUT2D eigenvalue weighted by atomic mass is 35.5. The predicted octanol–water partition coefficient (Wildman–Crippen LogP) is 6.18. The first-order valence-corrected chi connectivity index (χ1v) is 8.36. The van der Waals surface area contributed by atoms with Crippen molar-refractivity contribution in [2.24, 2.45) is 0 Å². The van der Waals surface area contributed by atoms with E-state index in [0.29, 0.717) is 15.7 Å². The molecule has 0 fully saturated rings. The summed E-state index contributed by atoms with van der Waals surface area (Å²) in [5.74, 6) is 0. The van der Waals surface area contributed by atoms with Crippen LogP contribution in [0.15, 0.2) is 72.8 Å². The standard InChI is InChI=1S/C14H15N.C6H5Cl2N/c1-12-6-5-9-14(10-12)15-11-13-7-3-2-4-8-13;7-4-2-1-3-5(8)6(4)9/h2-10,15H,11H2,1H3;1-3H,9H2. The number of hydrogen-bond acceptors (Lipinski definition) is 2. The number of aryl methyl sites for hydroxylation is 1. The van der Waals surface area contributed by atoms with Crippen LogP contribution in [0.4, 0.5) is 11.4 Å². The van der Waals surface area contributed by atoms with E-state index in [0.717, 1.165) is 6.54 Å². The molecule has 124 valence electrons. The minimum Gasteiger partial charge on any atom is -0.396 e. The molecule has 0 heterocycles. The molecule has 0 aliphatic rings. The summed E-state index contributed by atoms with van der Waals surface area (Å²) in [6, 6.07) is 24.0. The van der Waals surface area contributed by atoms with Crippen LogP contribution in [0.3, 0.4) is 0 Å². The minimum absolute atomic E-state index is 0.445. The molecule has 0 saturated heterocycles. The third-order valence-corrected chi connectivity index (χ3v) is 4.02. The lowest BCUT2D eigenvalue weighted by Gasteiger charge is -2.06. The Morgan fingerprint density at radius 1 is 0.833 bits per heavy atom. The van der Waals surface area contributed by atoms with Crippen molar-refractivity contribution in [3.8, 4) is 0 Å². The molecule has 0 aliphatic heterocycles. The van der Waals surface area contributed by atoms with Gasteiger partial charge in [-0.2, -0.15) is 0 Å². The smallest absolute Gasteiger partial charge is 0.0692 e. The molecule has 0 spiro atoms. The molecule has 3 N–H and O–H groups in total. The van der Waals surface area contributed by atoms with E-state index in [1.165, 1.54) is 16.8 Å². The van der Waals surface area contributed by atoms with Gasteiger partial charge in [0.2, 0.25) is 0 Å². The summed E-state index contributed by atoms with van der Waals surface area (Å²) in [6.45, 7) is 2.98. The van der Waals surface area contributed by atoms with Gasteiger partial charge in [-0.3, -0.25) is 0 Å². The van der Waals surface area contributed by atoms with Gasteiger partial charge in [0, 0.05) is 12.2 Å². The zero-order chi connectivity index (χ0) is 17.4. The number of nitrogens with one attached hydrogen (secondary N) is 1. The molecule has 0 amide bonds. The second kappa shape index (κ2) is 9.21. The van der Waals surface area contributed by atoms with Gasteiger partial charge in [0.05, 0.1) is 15.7 Å². The fourth-order valence-electron chi connectivity index (χ4n) is 2.07. The van der Waals surface area contributed by atoms with Crippen LogP contribution in [0.2, 0.25) is 10.0 Å². The molecule has 0 bridgehead atoms.